The summed E-state index contributed by atoms with van der Waals surface area (Å²) in [6.45, 7) is 1.75. The molecule has 118 valence electrons. The third-order valence-electron chi connectivity index (χ3n) is 2.81. The van der Waals surface area contributed by atoms with E-state index in [0.29, 0.717) is 27.6 Å². The van der Waals surface area contributed by atoms with Crippen LogP contribution < -0.4 is 5.32 Å². The zero-order chi connectivity index (χ0) is 16.2. The van der Waals surface area contributed by atoms with Gasteiger partial charge in [0.1, 0.15) is 5.76 Å². The molecule has 3 aromatic rings. The second kappa shape index (κ2) is 6.84. The number of H-pyrrole nitrogens is 1. The summed E-state index contributed by atoms with van der Waals surface area (Å²) in [4.78, 5) is 16.1. The van der Waals surface area contributed by atoms with Crippen molar-refractivity contribution in [2.24, 2.45) is 0 Å². The number of rotatable bonds is 5. The molecule has 0 bridgehead atoms. The first-order valence-corrected chi connectivity index (χ1v) is 8.01. The van der Waals surface area contributed by atoms with Crippen LogP contribution in [0, 0.1) is 6.92 Å². The number of hydrogen-bond donors (Lipinski definition) is 2. The van der Waals surface area contributed by atoms with Crippen LogP contribution >= 0.6 is 23.4 Å². The van der Waals surface area contributed by atoms with E-state index in [-0.39, 0.29) is 11.7 Å². The number of aromatic amines is 1. The average molecular weight is 350 g/mol. The van der Waals surface area contributed by atoms with E-state index in [9.17, 15) is 4.79 Å². The summed E-state index contributed by atoms with van der Waals surface area (Å²) >= 11 is 7.07. The van der Waals surface area contributed by atoms with Gasteiger partial charge in [-0.15, -0.1) is 5.10 Å². The van der Waals surface area contributed by atoms with E-state index in [1.165, 1.54) is 11.8 Å². The highest BCUT2D eigenvalue weighted by Gasteiger charge is 2.10. The Morgan fingerprint density at radius 2 is 2.17 bits per heavy atom. The molecule has 2 heterocycles. The Kier molecular flexibility index (Phi) is 4.63. The van der Waals surface area contributed by atoms with Crippen molar-refractivity contribution >= 4 is 35.1 Å². The summed E-state index contributed by atoms with van der Waals surface area (Å²) < 4.78 is 4.88. The number of anilines is 1. The van der Waals surface area contributed by atoms with E-state index in [1.807, 2.05) is 12.1 Å². The van der Waals surface area contributed by atoms with Gasteiger partial charge in [0.25, 0.3) is 0 Å². The van der Waals surface area contributed by atoms with Crippen molar-refractivity contribution in [2.45, 2.75) is 12.1 Å². The minimum Gasteiger partial charge on any atom is -0.360 e. The molecule has 9 heteroatoms. The molecule has 0 saturated carbocycles. The Morgan fingerprint density at radius 1 is 1.39 bits per heavy atom. The normalized spacial score (nSPS) is 10.7. The Morgan fingerprint density at radius 3 is 2.87 bits per heavy atom. The molecule has 2 aromatic heterocycles. The molecule has 0 aliphatic rings. The lowest BCUT2D eigenvalue weighted by Gasteiger charge is -1.98. The van der Waals surface area contributed by atoms with Crippen LogP contribution in [0.15, 0.2) is 40.0 Å². The van der Waals surface area contributed by atoms with E-state index in [2.05, 4.69) is 25.7 Å². The van der Waals surface area contributed by atoms with Crippen molar-refractivity contribution < 1.29 is 9.32 Å². The molecule has 7 nitrogen and oxygen atoms in total. The number of hydrogen-bond acceptors (Lipinski definition) is 6. The maximum Gasteiger partial charge on any atom is 0.236 e. The summed E-state index contributed by atoms with van der Waals surface area (Å²) in [6.07, 6.45) is 0. The minimum absolute atomic E-state index is 0.170. The first kappa shape index (κ1) is 15.6. The quantitative estimate of drug-likeness (QED) is 0.687. The summed E-state index contributed by atoms with van der Waals surface area (Å²) in [7, 11) is 0. The maximum atomic E-state index is 11.8. The molecule has 0 unspecified atom stereocenters. The fourth-order valence-electron chi connectivity index (χ4n) is 1.78. The van der Waals surface area contributed by atoms with Gasteiger partial charge < -0.3 is 9.84 Å². The molecule has 2 N–H and O–H groups in total. The van der Waals surface area contributed by atoms with Gasteiger partial charge in [-0.1, -0.05) is 28.5 Å². The highest BCUT2D eigenvalue weighted by atomic mass is 35.5. The van der Waals surface area contributed by atoms with Crippen LogP contribution in [-0.4, -0.2) is 32.0 Å². The van der Waals surface area contributed by atoms with Crippen LogP contribution in [-0.2, 0) is 4.79 Å². The molecule has 1 aromatic carbocycles. The van der Waals surface area contributed by atoms with Gasteiger partial charge in [-0.2, -0.15) is 0 Å². The van der Waals surface area contributed by atoms with Gasteiger partial charge in [-0.3, -0.25) is 9.89 Å². The third kappa shape index (κ3) is 4.11. The molecule has 0 aliphatic heterocycles. The van der Waals surface area contributed by atoms with Crippen molar-refractivity contribution in [3.05, 3.63) is 41.1 Å². The first-order valence-electron chi connectivity index (χ1n) is 6.64. The van der Waals surface area contributed by atoms with Crippen molar-refractivity contribution in [2.75, 3.05) is 11.1 Å². The second-order valence-corrected chi connectivity index (χ2v) is 6.01. The molecular weight excluding hydrogens is 338 g/mol. The molecule has 1 amide bonds. The topological polar surface area (TPSA) is 96.7 Å². The van der Waals surface area contributed by atoms with Gasteiger partial charge in [-0.25, -0.2) is 4.98 Å². The van der Waals surface area contributed by atoms with Crippen molar-refractivity contribution in [1.29, 1.82) is 0 Å². The fraction of sp³-hybridized carbons (Fsp3) is 0.143. The molecule has 3 rings (SSSR count). The Balaban J connectivity index is 1.56. The van der Waals surface area contributed by atoms with Crippen LogP contribution in [0.4, 0.5) is 5.82 Å². The third-order valence-corrected chi connectivity index (χ3v) is 3.91. The van der Waals surface area contributed by atoms with Gasteiger partial charge >= 0.3 is 0 Å². The SMILES string of the molecule is Cc1cc(NC(=O)CSc2n[nH]c(-c3ccc(Cl)cc3)n2)no1. The van der Waals surface area contributed by atoms with Crippen molar-refractivity contribution in [3.8, 4) is 11.4 Å². The number of thioether (sulfide) groups is 1. The van der Waals surface area contributed by atoms with Crippen molar-refractivity contribution in [3.63, 3.8) is 0 Å². The maximum absolute atomic E-state index is 11.8. The zero-order valence-corrected chi connectivity index (χ0v) is 13.6. The van der Waals surface area contributed by atoms with Crippen LogP contribution in [0.5, 0.6) is 0 Å². The Hall–Kier alpha value is -2.32. The number of carbonyl (C=O) groups is 1. The second-order valence-electron chi connectivity index (χ2n) is 4.63. The van der Waals surface area contributed by atoms with Crippen molar-refractivity contribution in [1.82, 2.24) is 20.3 Å². The number of nitrogens with zero attached hydrogens (tertiary/aromatic N) is 3. The van der Waals surface area contributed by atoms with E-state index in [4.69, 9.17) is 16.1 Å². The lowest BCUT2D eigenvalue weighted by molar-refractivity contribution is -0.113. The molecule has 0 fully saturated rings. The lowest BCUT2D eigenvalue weighted by Crippen LogP contribution is -2.14. The van der Waals surface area contributed by atoms with Crippen LogP contribution in [0.3, 0.4) is 0 Å². The van der Waals surface area contributed by atoms with E-state index >= 15 is 0 Å². The van der Waals surface area contributed by atoms with Crippen LogP contribution in [0.1, 0.15) is 5.76 Å². The first-order chi connectivity index (χ1) is 11.1. The predicted molar refractivity (Wildman–Crippen MR) is 87.4 cm³/mol. The Bertz CT molecular complexity index is 815. The van der Waals surface area contributed by atoms with Gasteiger partial charge in [0.05, 0.1) is 5.75 Å². The highest BCUT2D eigenvalue weighted by Crippen LogP contribution is 2.21. The van der Waals surface area contributed by atoms with Crippen LogP contribution in [0.2, 0.25) is 5.02 Å². The summed E-state index contributed by atoms with van der Waals surface area (Å²) in [6, 6.07) is 8.89. The standard InChI is InChI=1S/C14H12ClN5O2S/c1-8-6-11(20-22-8)16-12(21)7-23-14-17-13(18-19-14)9-2-4-10(15)5-3-9/h2-6H,7H2,1H3,(H,16,20,21)(H,17,18,19). The minimum atomic E-state index is -0.207. The largest absolute Gasteiger partial charge is 0.360 e. The predicted octanol–water partition coefficient (Wildman–Crippen LogP) is 3.15. The Labute approximate surface area is 140 Å². The summed E-state index contributed by atoms with van der Waals surface area (Å²) in [5, 5.41) is 14.4. The number of carbonyl (C=O) groups excluding carboxylic acids is 1. The van der Waals surface area contributed by atoms with Gasteiger partial charge in [0.15, 0.2) is 11.6 Å². The summed E-state index contributed by atoms with van der Waals surface area (Å²) in [5.41, 5.74) is 0.872. The lowest BCUT2D eigenvalue weighted by atomic mass is 10.2. The molecular formula is C14H12ClN5O2S. The molecule has 0 radical (unpaired) electrons. The molecule has 23 heavy (non-hydrogen) atoms. The fourth-order valence-corrected chi connectivity index (χ4v) is 2.51. The number of aryl methyl sites for hydroxylation is 1. The molecule has 0 saturated heterocycles. The van der Waals surface area contributed by atoms with E-state index in [1.54, 1.807) is 25.1 Å². The van der Waals surface area contributed by atoms with Gasteiger partial charge in [-0.05, 0) is 31.2 Å². The van der Waals surface area contributed by atoms with E-state index < -0.39 is 0 Å². The average Bonchev–Trinajstić information content (AvgIpc) is 3.15. The zero-order valence-electron chi connectivity index (χ0n) is 12.0. The summed E-state index contributed by atoms with van der Waals surface area (Å²) in [5.74, 6) is 1.61. The van der Waals surface area contributed by atoms with E-state index in [0.717, 1.165) is 5.56 Å². The molecule has 0 aliphatic carbocycles. The monoisotopic (exact) mass is 349 g/mol. The number of amides is 1. The van der Waals surface area contributed by atoms with Gasteiger partial charge in [0, 0.05) is 16.7 Å². The number of nitrogens with one attached hydrogen (secondary N) is 2. The van der Waals surface area contributed by atoms with Gasteiger partial charge in [0.2, 0.25) is 11.1 Å². The number of halogens is 1. The molecule has 0 atom stereocenters. The molecule has 0 spiro atoms. The van der Waals surface area contributed by atoms with Crippen LogP contribution in [0.25, 0.3) is 11.4 Å². The number of aromatic nitrogens is 4. The highest BCUT2D eigenvalue weighted by molar-refractivity contribution is 7.99. The smallest absolute Gasteiger partial charge is 0.236 e. The number of benzene rings is 1.